The molecule has 1 atom stereocenters. The van der Waals surface area contributed by atoms with Crippen LogP contribution in [0, 0.1) is 0 Å². The number of piperidine rings is 2. The molecule has 0 radical (unpaired) electrons. The monoisotopic (exact) mass is 656 g/mol. The van der Waals surface area contributed by atoms with Crippen LogP contribution in [0.4, 0.5) is 15.3 Å². The molecule has 3 saturated heterocycles. The predicted molar refractivity (Wildman–Crippen MR) is 175 cm³/mol. The van der Waals surface area contributed by atoms with E-state index in [-0.39, 0.29) is 24.4 Å². The van der Waals surface area contributed by atoms with Gasteiger partial charge in [-0.05, 0) is 61.4 Å². The summed E-state index contributed by atoms with van der Waals surface area (Å²) in [5.41, 5.74) is 2.76. The smallest absolute Gasteiger partial charge is 0.410 e. The molecule has 10 nitrogen and oxygen atoms in total. The number of rotatable bonds is 6. The zero-order chi connectivity index (χ0) is 31.3. The largest absolute Gasteiger partial charge is 0.436 e. The van der Waals surface area contributed by atoms with Gasteiger partial charge in [-0.3, -0.25) is 9.69 Å². The van der Waals surface area contributed by atoms with Crippen molar-refractivity contribution >= 4 is 46.9 Å². The molecule has 4 aliphatic heterocycles. The van der Waals surface area contributed by atoms with Crippen LogP contribution in [0.2, 0.25) is 10.0 Å². The minimum absolute atomic E-state index is 0.0222. The average molecular weight is 658 g/mol. The summed E-state index contributed by atoms with van der Waals surface area (Å²) in [6.07, 6.45) is 2.61. The van der Waals surface area contributed by atoms with Gasteiger partial charge in [0, 0.05) is 83.1 Å². The van der Waals surface area contributed by atoms with Crippen molar-refractivity contribution in [3.63, 3.8) is 0 Å². The van der Waals surface area contributed by atoms with Gasteiger partial charge in [0.2, 0.25) is 0 Å². The van der Waals surface area contributed by atoms with Crippen LogP contribution in [-0.2, 0) is 22.4 Å². The highest BCUT2D eigenvalue weighted by Crippen LogP contribution is 2.27. The number of urea groups is 1. The van der Waals surface area contributed by atoms with E-state index in [1.54, 1.807) is 17.0 Å². The standard InChI is InChI=1S/C33H42Cl2N6O4/c34-27-6-5-23(21-28(27)35)22-30(31(42)39-14-8-25(9-15-39)38-19-12-36-13-20-38)45-33(44)40-16-10-26(11-17-40)41-18-7-24-3-1-2-4-29(24)37-32(41)43/h1-6,21,25-26,30,36H,7-20,22H2,(H,37,43). The van der Waals surface area contributed by atoms with Crippen molar-refractivity contribution in [2.45, 2.75) is 56.7 Å². The number of nitrogens with one attached hydrogen (secondary N) is 2. The van der Waals surface area contributed by atoms with Crippen molar-refractivity contribution < 1.29 is 19.1 Å². The third-order valence-corrected chi connectivity index (χ3v) is 10.4. The van der Waals surface area contributed by atoms with Crippen molar-refractivity contribution in [2.24, 2.45) is 0 Å². The summed E-state index contributed by atoms with van der Waals surface area (Å²) in [5.74, 6) is -0.177. The minimum atomic E-state index is -0.974. The molecular weight excluding hydrogens is 615 g/mol. The fraction of sp³-hybridized carbons (Fsp3) is 0.545. The number of benzene rings is 2. The predicted octanol–water partition coefficient (Wildman–Crippen LogP) is 4.49. The van der Waals surface area contributed by atoms with E-state index in [2.05, 4.69) is 15.5 Å². The molecule has 0 aliphatic carbocycles. The maximum Gasteiger partial charge on any atom is 0.410 e. The van der Waals surface area contributed by atoms with Gasteiger partial charge >= 0.3 is 12.1 Å². The molecule has 0 bridgehead atoms. The Labute approximate surface area is 274 Å². The van der Waals surface area contributed by atoms with E-state index in [9.17, 15) is 14.4 Å². The van der Waals surface area contributed by atoms with Crippen molar-refractivity contribution in [1.82, 2.24) is 24.9 Å². The first-order chi connectivity index (χ1) is 21.9. The maximum absolute atomic E-state index is 13.9. The van der Waals surface area contributed by atoms with Crippen molar-refractivity contribution in [3.05, 3.63) is 63.6 Å². The number of halogens is 2. The number of para-hydroxylation sites is 1. The lowest BCUT2D eigenvalue weighted by Crippen LogP contribution is -2.54. The summed E-state index contributed by atoms with van der Waals surface area (Å²) < 4.78 is 5.99. The molecule has 4 heterocycles. The molecular formula is C33H42Cl2N6O4. The number of hydrogen-bond donors (Lipinski definition) is 2. The van der Waals surface area contributed by atoms with Gasteiger partial charge in [0.1, 0.15) is 0 Å². The molecule has 2 aromatic carbocycles. The highest BCUT2D eigenvalue weighted by atomic mass is 35.5. The average Bonchev–Trinajstić information content (AvgIpc) is 3.24. The molecule has 242 valence electrons. The number of piperazine rings is 1. The Morgan fingerprint density at radius 1 is 0.844 bits per heavy atom. The van der Waals surface area contributed by atoms with Gasteiger partial charge in [-0.15, -0.1) is 0 Å². The summed E-state index contributed by atoms with van der Waals surface area (Å²) in [5, 5.41) is 7.27. The normalized spacial score (nSPS) is 21.1. The number of carbonyl (C=O) groups is 3. The summed E-state index contributed by atoms with van der Waals surface area (Å²) >= 11 is 12.4. The molecule has 6 rings (SSSR count). The quantitative estimate of drug-likeness (QED) is 0.476. The van der Waals surface area contributed by atoms with Gasteiger partial charge in [-0.1, -0.05) is 47.5 Å². The lowest BCUT2D eigenvalue weighted by Gasteiger charge is -2.41. The van der Waals surface area contributed by atoms with Crippen LogP contribution < -0.4 is 10.6 Å². The van der Waals surface area contributed by atoms with E-state index in [0.717, 1.165) is 62.3 Å². The first-order valence-electron chi connectivity index (χ1n) is 16.1. The van der Waals surface area contributed by atoms with E-state index < -0.39 is 12.2 Å². The van der Waals surface area contributed by atoms with Crippen LogP contribution in [0.25, 0.3) is 0 Å². The number of hydrogen-bond acceptors (Lipinski definition) is 6. The van der Waals surface area contributed by atoms with Gasteiger partial charge in [0.05, 0.1) is 10.0 Å². The van der Waals surface area contributed by atoms with Gasteiger partial charge in [-0.25, -0.2) is 9.59 Å². The molecule has 4 aliphatic rings. The molecule has 2 aromatic rings. The number of fused-ring (bicyclic) bond motifs is 1. The summed E-state index contributed by atoms with van der Waals surface area (Å²) in [4.78, 5) is 48.3. The van der Waals surface area contributed by atoms with E-state index in [0.29, 0.717) is 61.7 Å². The van der Waals surface area contributed by atoms with Crippen LogP contribution >= 0.6 is 23.2 Å². The Balaban J connectivity index is 1.07. The van der Waals surface area contributed by atoms with E-state index in [1.807, 2.05) is 40.1 Å². The Kier molecular flexibility index (Phi) is 10.3. The lowest BCUT2D eigenvalue weighted by molar-refractivity contribution is -0.142. The minimum Gasteiger partial charge on any atom is -0.436 e. The Morgan fingerprint density at radius 3 is 2.27 bits per heavy atom. The number of nitrogens with zero attached hydrogens (tertiary/aromatic N) is 4. The number of amides is 4. The zero-order valence-corrected chi connectivity index (χ0v) is 27.1. The van der Waals surface area contributed by atoms with Crippen molar-refractivity contribution in [2.75, 3.05) is 64.2 Å². The molecule has 0 spiro atoms. The molecule has 3 fully saturated rings. The van der Waals surface area contributed by atoms with Gasteiger partial charge in [-0.2, -0.15) is 0 Å². The number of anilines is 1. The van der Waals surface area contributed by atoms with Gasteiger partial charge < -0.3 is 30.1 Å². The summed E-state index contributed by atoms with van der Waals surface area (Å²) in [6.45, 7) is 6.85. The third-order valence-electron chi connectivity index (χ3n) is 9.67. The highest BCUT2D eigenvalue weighted by Gasteiger charge is 2.36. The Bertz CT molecular complexity index is 1370. The fourth-order valence-corrected chi connectivity index (χ4v) is 7.38. The zero-order valence-electron chi connectivity index (χ0n) is 25.6. The number of carbonyl (C=O) groups excluding carboxylic acids is 3. The van der Waals surface area contributed by atoms with Gasteiger partial charge in [0.15, 0.2) is 6.10 Å². The van der Waals surface area contributed by atoms with E-state index >= 15 is 0 Å². The third kappa shape index (κ3) is 7.68. The molecule has 4 amide bonds. The Hall–Kier alpha value is -3.05. The van der Waals surface area contributed by atoms with Crippen LogP contribution in [0.5, 0.6) is 0 Å². The lowest BCUT2D eigenvalue weighted by atomic mass is 10.0. The topological polar surface area (TPSA) is 97.5 Å². The second kappa shape index (κ2) is 14.6. The molecule has 0 saturated carbocycles. The molecule has 45 heavy (non-hydrogen) atoms. The molecule has 12 heteroatoms. The maximum atomic E-state index is 13.9. The highest BCUT2D eigenvalue weighted by molar-refractivity contribution is 6.42. The van der Waals surface area contributed by atoms with Gasteiger partial charge in [0.25, 0.3) is 5.91 Å². The van der Waals surface area contributed by atoms with Crippen LogP contribution in [0.1, 0.15) is 36.8 Å². The van der Waals surface area contributed by atoms with Crippen LogP contribution in [0.15, 0.2) is 42.5 Å². The Morgan fingerprint density at radius 2 is 1.53 bits per heavy atom. The van der Waals surface area contributed by atoms with E-state index in [4.69, 9.17) is 27.9 Å². The number of ether oxygens (including phenoxy) is 1. The van der Waals surface area contributed by atoms with Crippen LogP contribution in [-0.4, -0.2) is 115 Å². The number of likely N-dealkylation sites (tertiary alicyclic amines) is 2. The van der Waals surface area contributed by atoms with E-state index in [1.165, 1.54) is 0 Å². The molecule has 0 aromatic heterocycles. The SMILES string of the molecule is O=C(OC(Cc1ccc(Cl)c(Cl)c1)C(=O)N1CCC(N2CCNCC2)CC1)N1CCC(N2CCc3ccccc3NC2=O)CC1. The fourth-order valence-electron chi connectivity index (χ4n) is 7.06. The second-order valence-corrected chi connectivity index (χ2v) is 13.2. The molecule has 1 unspecified atom stereocenters. The second-order valence-electron chi connectivity index (χ2n) is 12.4. The summed E-state index contributed by atoms with van der Waals surface area (Å²) in [7, 11) is 0. The van der Waals surface area contributed by atoms with Crippen LogP contribution in [0.3, 0.4) is 0 Å². The summed E-state index contributed by atoms with van der Waals surface area (Å²) in [6, 6.07) is 13.5. The molecule has 2 N–H and O–H groups in total. The van der Waals surface area contributed by atoms with Crippen molar-refractivity contribution in [1.29, 1.82) is 0 Å². The first kappa shape index (κ1) is 31.9. The first-order valence-corrected chi connectivity index (χ1v) is 16.9. The van der Waals surface area contributed by atoms with Crippen molar-refractivity contribution in [3.8, 4) is 0 Å².